The number of nitrogen functional groups attached to an aromatic ring is 1. The molecule has 0 aliphatic heterocycles. The summed E-state index contributed by atoms with van der Waals surface area (Å²) in [6.07, 6.45) is 1.54. The number of hydrogen-bond donors (Lipinski definition) is 2. The summed E-state index contributed by atoms with van der Waals surface area (Å²) in [6.45, 7) is 4.15. The first kappa shape index (κ1) is 14.5. The number of amides is 1. The molecule has 2 aromatic rings. The third-order valence-electron chi connectivity index (χ3n) is 3.19. The van der Waals surface area contributed by atoms with Crippen molar-refractivity contribution in [3.63, 3.8) is 0 Å². The van der Waals surface area contributed by atoms with Crippen LogP contribution >= 0.6 is 11.3 Å². The number of thiazole rings is 1. The lowest BCUT2D eigenvalue weighted by molar-refractivity contribution is -0.117. The molecule has 0 saturated carbocycles. The van der Waals surface area contributed by atoms with Crippen molar-refractivity contribution in [1.29, 1.82) is 0 Å². The first-order valence-electron chi connectivity index (χ1n) is 6.69. The van der Waals surface area contributed by atoms with Crippen LogP contribution in [0.15, 0.2) is 29.6 Å². The van der Waals surface area contributed by atoms with Gasteiger partial charge in [-0.05, 0) is 18.1 Å². The monoisotopic (exact) mass is 289 g/mol. The Kier molecular flexibility index (Phi) is 4.74. The molecule has 0 bridgehead atoms. The fourth-order valence-electron chi connectivity index (χ4n) is 1.75. The largest absolute Gasteiger partial charge is 0.399 e. The Bertz CT molecular complexity index is 577. The van der Waals surface area contributed by atoms with Gasteiger partial charge in [0.25, 0.3) is 0 Å². The summed E-state index contributed by atoms with van der Waals surface area (Å²) in [4.78, 5) is 16.2. The van der Waals surface area contributed by atoms with Crippen LogP contribution in [0.3, 0.4) is 0 Å². The summed E-state index contributed by atoms with van der Waals surface area (Å²) in [5.41, 5.74) is 8.24. The van der Waals surface area contributed by atoms with Gasteiger partial charge in [0.1, 0.15) is 0 Å². The Morgan fingerprint density at radius 2 is 2.10 bits per heavy atom. The summed E-state index contributed by atoms with van der Waals surface area (Å²) in [5.74, 6) is 0.420. The molecule has 4 nitrogen and oxygen atoms in total. The van der Waals surface area contributed by atoms with E-state index in [2.05, 4.69) is 24.1 Å². The van der Waals surface area contributed by atoms with Gasteiger partial charge in [0.15, 0.2) is 5.13 Å². The lowest BCUT2D eigenvalue weighted by Gasteiger charge is -2.06. The number of carbonyl (C=O) groups is 1. The van der Waals surface area contributed by atoms with Gasteiger partial charge < -0.3 is 11.1 Å². The van der Waals surface area contributed by atoms with E-state index in [0.29, 0.717) is 17.5 Å². The van der Waals surface area contributed by atoms with Crippen LogP contribution in [-0.4, -0.2) is 10.9 Å². The van der Waals surface area contributed by atoms with E-state index in [1.807, 2.05) is 29.6 Å². The second-order valence-corrected chi connectivity index (χ2v) is 5.78. The zero-order valence-electron chi connectivity index (χ0n) is 11.7. The maximum absolute atomic E-state index is 11.8. The fourth-order valence-corrected chi connectivity index (χ4v) is 2.48. The predicted molar refractivity (Wildman–Crippen MR) is 84.7 cm³/mol. The molecule has 20 heavy (non-hydrogen) atoms. The highest BCUT2D eigenvalue weighted by molar-refractivity contribution is 7.14. The molecule has 106 valence electrons. The number of nitrogens with one attached hydrogen (secondary N) is 1. The number of benzene rings is 1. The molecule has 0 fully saturated rings. The van der Waals surface area contributed by atoms with E-state index in [9.17, 15) is 4.79 Å². The van der Waals surface area contributed by atoms with Gasteiger partial charge in [-0.25, -0.2) is 4.98 Å². The quantitative estimate of drug-likeness (QED) is 0.823. The first-order chi connectivity index (χ1) is 9.58. The number of hydrogen-bond acceptors (Lipinski definition) is 4. The molecule has 1 unspecified atom stereocenters. The molecule has 1 heterocycles. The Balaban J connectivity index is 2.02. The van der Waals surface area contributed by atoms with Crippen molar-refractivity contribution in [2.24, 2.45) is 5.92 Å². The molecule has 1 aromatic heterocycles. The minimum Gasteiger partial charge on any atom is -0.399 e. The van der Waals surface area contributed by atoms with E-state index in [-0.39, 0.29) is 5.91 Å². The van der Waals surface area contributed by atoms with Crippen molar-refractivity contribution in [2.45, 2.75) is 26.7 Å². The van der Waals surface area contributed by atoms with Gasteiger partial charge in [0, 0.05) is 23.1 Å². The second-order valence-electron chi connectivity index (χ2n) is 4.93. The van der Waals surface area contributed by atoms with Gasteiger partial charge in [0.05, 0.1) is 5.69 Å². The van der Waals surface area contributed by atoms with E-state index in [1.54, 1.807) is 0 Å². The standard InChI is InChI=1S/C15H19N3OS/c1-3-10(2)8-14(19)18-15-17-13(9-20-15)11-4-6-12(16)7-5-11/h4-7,9-10H,3,8,16H2,1-2H3,(H,17,18,19). The highest BCUT2D eigenvalue weighted by Crippen LogP contribution is 2.25. The average molecular weight is 289 g/mol. The summed E-state index contributed by atoms with van der Waals surface area (Å²) >= 11 is 1.44. The minimum absolute atomic E-state index is 0.0255. The van der Waals surface area contributed by atoms with Gasteiger partial charge in [-0.1, -0.05) is 32.4 Å². The van der Waals surface area contributed by atoms with Gasteiger partial charge in [0.2, 0.25) is 5.91 Å². The Labute approximate surface area is 123 Å². The van der Waals surface area contributed by atoms with Crippen LogP contribution in [0.4, 0.5) is 10.8 Å². The molecular formula is C15H19N3OS. The lowest BCUT2D eigenvalue weighted by atomic mass is 10.1. The first-order valence-corrected chi connectivity index (χ1v) is 7.57. The number of carbonyl (C=O) groups excluding carboxylic acids is 1. The normalized spacial score (nSPS) is 12.1. The van der Waals surface area contributed by atoms with Gasteiger partial charge in [-0.3, -0.25) is 4.79 Å². The lowest BCUT2D eigenvalue weighted by Crippen LogP contribution is -2.14. The van der Waals surface area contributed by atoms with Crippen molar-refractivity contribution in [3.05, 3.63) is 29.6 Å². The molecule has 1 amide bonds. The van der Waals surface area contributed by atoms with Crippen molar-refractivity contribution < 1.29 is 4.79 Å². The molecule has 0 aliphatic carbocycles. The van der Waals surface area contributed by atoms with E-state index in [0.717, 1.165) is 23.4 Å². The molecule has 0 saturated heterocycles. The zero-order chi connectivity index (χ0) is 14.5. The van der Waals surface area contributed by atoms with Crippen LogP contribution in [0.1, 0.15) is 26.7 Å². The molecule has 0 spiro atoms. The zero-order valence-corrected chi connectivity index (χ0v) is 12.5. The van der Waals surface area contributed by atoms with Crippen LogP contribution in [0.5, 0.6) is 0 Å². The van der Waals surface area contributed by atoms with Crippen LogP contribution in [-0.2, 0) is 4.79 Å². The van der Waals surface area contributed by atoms with Crippen molar-refractivity contribution in [3.8, 4) is 11.3 Å². The molecule has 1 atom stereocenters. The minimum atomic E-state index is 0.0255. The van der Waals surface area contributed by atoms with Crippen molar-refractivity contribution >= 4 is 28.1 Å². The molecule has 3 N–H and O–H groups in total. The summed E-state index contributed by atoms with van der Waals surface area (Å²) in [5, 5.41) is 5.43. The Morgan fingerprint density at radius 3 is 2.75 bits per heavy atom. The van der Waals surface area contributed by atoms with Crippen molar-refractivity contribution in [1.82, 2.24) is 4.98 Å². The maximum Gasteiger partial charge on any atom is 0.226 e. The van der Waals surface area contributed by atoms with Crippen LogP contribution in [0.25, 0.3) is 11.3 Å². The van der Waals surface area contributed by atoms with Crippen LogP contribution in [0, 0.1) is 5.92 Å². The van der Waals surface area contributed by atoms with E-state index in [1.165, 1.54) is 11.3 Å². The SMILES string of the molecule is CCC(C)CC(=O)Nc1nc(-c2ccc(N)cc2)cs1. The van der Waals surface area contributed by atoms with E-state index in [4.69, 9.17) is 5.73 Å². The number of anilines is 2. The number of nitrogens with two attached hydrogens (primary N) is 1. The Hall–Kier alpha value is -1.88. The third-order valence-corrected chi connectivity index (χ3v) is 3.95. The summed E-state index contributed by atoms with van der Waals surface area (Å²) < 4.78 is 0. The molecular weight excluding hydrogens is 270 g/mol. The molecule has 2 rings (SSSR count). The average Bonchev–Trinajstić information content (AvgIpc) is 2.87. The highest BCUT2D eigenvalue weighted by Gasteiger charge is 2.10. The number of aromatic nitrogens is 1. The highest BCUT2D eigenvalue weighted by atomic mass is 32.1. The molecule has 5 heteroatoms. The van der Waals surface area contributed by atoms with E-state index < -0.39 is 0 Å². The smallest absolute Gasteiger partial charge is 0.226 e. The third kappa shape index (κ3) is 3.81. The topological polar surface area (TPSA) is 68.0 Å². The predicted octanol–water partition coefficient (Wildman–Crippen LogP) is 3.77. The van der Waals surface area contributed by atoms with Crippen molar-refractivity contribution in [2.75, 3.05) is 11.1 Å². The maximum atomic E-state index is 11.8. The molecule has 1 aromatic carbocycles. The summed E-state index contributed by atoms with van der Waals surface area (Å²) in [7, 11) is 0. The van der Waals surface area contributed by atoms with Gasteiger partial charge >= 0.3 is 0 Å². The second kappa shape index (κ2) is 6.52. The summed E-state index contributed by atoms with van der Waals surface area (Å²) in [6, 6.07) is 7.54. The Morgan fingerprint density at radius 1 is 1.40 bits per heavy atom. The number of nitrogens with zero attached hydrogens (tertiary/aromatic N) is 1. The van der Waals surface area contributed by atoms with E-state index >= 15 is 0 Å². The van der Waals surface area contributed by atoms with Gasteiger partial charge in [-0.2, -0.15) is 0 Å². The number of rotatable bonds is 5. The van der Waals surface area contributed by atoms with Gasteiger partial charge in [-0.15, -0.1) is 11.3 Å². The van der Waals surface area contributed by atoms with Crippen LogP contribution < -0.4 is 11.1 Å². The fraction of sp³-hybridized carbons (Fsp3) is 0.333. The molecule has 0 radical (unpaired) electrons. The molecule has 0 aliphatic rings. The van der Waals surface area contributed by atoms with Crippen LogP contribution in [0.2, 0.25) is 0 Å².